The maximum Gasteiger partial charge on any atom is 0.233 e. The number of benzene rings is 1. The monoisotopic (exact) mass is 328 g/mol. The topological polar surface area (TPSA) is 51.2 Å². The first-order chi connectivity index (χ1) is 10.9. The van der Waals surface area contributed by atoms with Gasteiger partial charge in [0.1, 0.15) is 5.75 Å². The molecule has 120 valence electrons. The predicted molar refractivity (Wildman–Crippen MR) is 90.8 cm³/mol. The molecule has 4 nitrogen and oxygen atoms in total. The Labute approximate surface area is 139 Å². The van der Waals surface area contributed by atoms with Crippen LogP contribution in [-0.2, 0) is 4.79 Å². The average Bonchev–Trinajstić information content (AvgIpc) is 3.10. The van der Waals surface area contributed by atoms with Gasteiger partial charge in [-0.05, 0) is 54.2 Å². The minimum Gasteiger partial charge on any atom is -0.497 e. The fraction of sp³-hybridized carbons (Fsp3) is 0.556. The molecular weight excluding hydrogens is 308 g/mol. The molecule has 1 N–H and O–H groups in total. The molecule has 1 aromatic carbocycles. The van der Waals surface area contributed by atoms with Gasteiger partial charge in [0.15, 0.2) is 5.13 Å². The number of nitrogens with zero attached hydrogens (tertiary/aromatic N) is 1. The van der Waals surface area contributed by atoms with Crippen LogP contribution in [0.1, 0.15) is 33.1 Å². The van der Waals surface area contributed by atoms with Crippen molar-refractivity contribution in [2.45, 2.75) is 33.1 Å². The Hall–Kier alpha value is -1.62. The van der Waals surface area contributed by atoms with Gasteiger partial charge in [-0.15, -0.1) is 0 Å². The van der Waals surface area contributed by atoms with Gasteiger partial charge in [-0.3, -0.25) is 4.79 Å². The summed E-state index contributed by atoms with van der Waals surface area (Å²) in [4.78, 5) is 17.6. The van der Waals surface area contributed by atoms with Gasteiger partial charge < -0.3 is 10.1 Å². The molecule has 4 bridgehead atoms. The minimum absolute atomic E-state index is 0.128. The van der Waals surface area contributed by atoms with Crippen molar-refractivity contribution in [3.63, 3.8) is 0 Å². The highest BCUT2D eigenvalue weighted by molar-refractivity contribution is 7.22. The number of amides is 1. The molecule has 5 fully saturated rings. The van der Waals surface area contributed by atoms with Crippen LogP contribution in [-0.4, -0.2) is 18.0 Å². The molecule has 7 rings (SSSR count). The van der Waals surface area contributed by atoms with Crippen LogP contribution in [0.2, 0.25) is 0 Å². The first-order valence-corrected chi connectivity index (χ1v) is 9.02. The molecule has 2 aromatic rings. The molecule has 5 aliphatic rings. The normalized spacial score (nSPS) is 39.7. The second kappa shape index (κ2) is 3.89. The van der Waals surface area contributed by atoms with Gasteiger partial charge in [0, 0.05) is 0 Å². The van der Waals surface area contributed by atoms with E-state index in [0.29, 0.717) is 16.5 Å². The van der Waals surface area contributed by atoms with Crippen LogP contribution in [0, 0.1) is 22.2 Å². The summed E-state index contributed by atoms with van der Waals surface area (Å²) in [6, 6.07) is 5.81. The van der Waals surface area contributed by atoms with Crippen LogP contribution in [0.4, 0.5) is 5.13 Å². The molecule has 1 aromatic heterocycles. The smallest absolute Gasteiger partial charge is 0.233 e. The van der Waals surface area contributed by atoms with Crippen molar-refractivity contribution in [3.8, 4) is 5.75 Å². The molecule has 5 saturated carbocycles. The van der Waals surface area contributed by atoms with Crippen molar-refractivity contribution >= 4 is 32.6 Å². The number of anilines is 1. The molecule has 0 spiro atoms. The highest BCUT2D eigenvalue weighted by Gasteiger charge is 2.91. The van der Waals surface area contributed by atoms with Gasteiger partial charge >= 0.3 is 0 Å². The third kappa shape index (κ3) is 1.28. The van der Waals surface area contributed by atoms with Crippen LogP contribution >= 0.6 is 11.3 Å². The van der Waals surface area contributed by atoms with Gasteiger partial charge in [-0.2, -0.15) is 0 Å². The number of hydrogen-bond acceptors (Lipinski definition) is 4. The molecule has 2 unspecified atom stereocenters. The molecule has 5 heteroatoms. The van der Waals surface area contributed by atoms with E-state index >= 15 is 0 Å². The molecule has 0 radical (unpaired) electrons. The highest BCUT2D eigenvalue weighted by Crippen LogP contribution is 2.93. The minimum atomic E-state index is -0.128. The third-order valence-electron chi connectivity index (χ3n) is 7.41. The Morgan fingerprint density at radius 1 is 1.43 bits per heavy atom. The summed E-state index contributed by atoms with van der Waals surface area (Å²) in [5.41, 5.74) is 1.39. The number of hydrogen-bond donors (Lipinski definition) is 1. The Bertz CT molecular complexity index is 862. The number of carbonyl (C=O) groups excluding carboxylic acids is 1. The van der Waals surface area contributed by atoms with Crippen LogP contribution < -0.4 is 10.1 Å². The maximum atomic E-state index is 13.0. The van der Waals surface area contributed by atoms with E-state index in [1.165, 1.54) is 24.2 Å². The molecule has 23 heavy (non-hydrogen) atoms. The zero-order chi connectivity index (χ0) is 16.0. The van der Waals surface area contributed by atoms with E-state index in [-0.39, 0.29) is 16.7 Å². The Kier molecular flexibility index (Phi) is 2.33. The van der Waals surface area contributed by atoms with Crippen molar-refractivity contribution in [2.75, 3.05) is 12.4 Å². The van der Waals surface area contributed by atoms with Crippen molar-refractivity contribution in [3.05, 3.63) is 18.2 Å². The molecule has 0 saturated heterocycles. The van der Waals surface area contributed by atoms with Crippen LogP contribution in [0.15, 0.2) is 18.2 Å². The summed E-state index contributed by atoms with van der Waals surface area (Å²) in [5, 5.41) is 3.82. The van der Waals surface area contributed by atoms with Gasteiger partial charge in [0.05, 0.1) is 22.7 Å². The number of nitrogens with one attached hydrogen (secondary N) is 1. The summed E-state index contributed by atoms with van der Waals surface area (Å²) in [6.45, 7) is 4.67. The van der Waals surface area contributed by atoms with Crippen LogP contribution in [0.3, 0.4) is 0 Å². The molecule has 0 aliphatic heterocycles. The summed E-state index contributed by atoms with van der Waals surface area (Å²) in [6.07, 6.45) is 3.45. The Balaban J connectivity index is 1.44. The SMILES string of the molecule is COc1ccc2nc(NC(=O)C34CC5(C)[C@@H]3CC[C@]54C)sc2c1. The van der Waals surface area contributed by atoms with Crippen molar-refractivity contribution in [1.29, 1.82) is 0 Å². The highest BCUT2D eigenvalue weighted by atomic mass is 32.1. The second-order valence-corrected chi connectivity index (χ2v) is 8.83. The van der Waals surface area contributed by atoms with Crippen molar-refractivity contribution in [2.24, 2.45) is 22.2 Å². The fourth-order valence-corrected chi connectivity index (χ4v) is 6.90. The average molecular weight is 328 g/mol. The number of methoxy groups -OCH3 is 1. The quantitative estimate of drug-likeness (QED) is 0.924. The zero-order valence-electron chi connectivity index (χ0n) is 13.6. The van der Waals surface area contributed by atoms with E-state index < -0.39 is 0 Å². The van der Waals surface area contributed by atoms with Gasteiger partial charge in [-0.1, -0.05) is 25.2 Å². The van der Waals surface area contributed by atoms with Crippen LogP contribution in [0.25, 0.3) is 10.2 Å². The third-order valence-corrected chi connectivity index (χ3v) is 8.34. The first kappa shape index (κ1) is 13.8. The number of aromatic nitrogens is 1. The van der Waals surface area contributed by atoms with Crippen molar-refractivity contribution < 1.29 is 9.53 Å². The van der Waals surface area contributed by atoms with Gasteiger partial charge in [0.25, 0.3) is 0 Å². The van der Waals surface area contributed by atoms with E-state index in [4.69, 9.17) is 4.74 Å². The molecule has 1 amide bonds. The van der Waals surface area contributed by atoms with Crippen LogP contribution in [0.5, 0.6) is 5.75 Å². The number of fused-ring (bicyclic) bond motifs is 2. The Morgan fingerprint density at radius 2 is 2.26 bits per heavy atom. The molecule has 1 heterocycles. The van der Waals surface area contributed by atoms with E-state index in [1.807, 2.05) is 18.2 Å². The Morgan fingerprint density at radius 3 is 2.91 bits per heavy atom. The van der Waals surface area contributed by atoms with Gasteiger partial charge in [0.2, 0.25) is 5.91 Å². The second-order valence-electron chi connectivity index (χ2n) is 7.80. The maximum absolute atomic E-state index is 13.0. The number of carbonyl (C=O) groups is 1. The lowest BCUT2D eigenvalue weighted by Gasteiger charge is -2.81. The van der Waals surface area contributed by atoms with Gasteiger partial charge in [-0.25, -0.2) is 4.98 Å². The van der Waals surface area contributed by atoms with E-state index in [1.54, 1.807) is 7.11 Å². The van der Waals surface area contributed by atoms with Crippen molar-refractivity contribution in [1.82, 2.24) is 4.98 Å². The summed E-state index contributed by atoms with van der Waals surface area (Å²) in [7, 11) is 1.66. The summed E-state index contributed by atoms with van der Waals surface area (Å²) < 4.78 is 6.29. The molecule has 4 atom stereocenters. The standard InChI is InChI=1S/C18H20N2O2S/c1-16-9-18(13(16)6-7-17(16,18)2)14(21)20-15-19-11-5-4-10(22-3)8-12(11)23-15/h4-5,8,13H,6-7,9H2,1-3H3,(H,19,20,21)/t13-,16?,17+,18?/m0/s1. The largest absolute Gasteiger partial charge is 0.497 e. The van der Waals surface area contributed by atoms with E-state index in [9.17, 15) is 4.79 Å². The number of ether oxygens (including phenoxy) is 1. The fourth-order valence-electron chi connectivity index (χ4n) is 6.01. The first-order valence-electron chi connectivity index (χ1n) is 8.21. The molecular formula is C18H20N2O2S. The van der Waals surface area contributed by atoms with E-state index in [2.05, 4.69) is 24.1 Å². The predicted octanol–water partition coefficient (Wildman–Crippen LogP) is 4.07. The van der Waals surface area contributed by atoms with E-state index in [0.717, 1.165) is 22.4 Å². The number of thiazole rings is 1. The molecule has 5 aliphatic carbocycles. The lowest BCUT2D eigenvalue weighted by molar-refractivity contribution is -0.326. The summed E-state index contributed by atoms with van der Waals surface area (Å²) in [5.74, 6) is 1.59. The number of rotatable bonds is 3. The lowest BCUT2D eigenvalue weighted by Crippen LogP contribution is -2.81. The lowest BCUT2D eigenvalue weighted by atomic mass is 9.21. The summed E-state index contributed by atoms with van der Waals surface area (Å²) >= 11 is 1.52. The zero-order valence-corrected chi connectivity index (χ0v) is 14.4.